The maximum absolute atomic E-state index is 12.3. The second-order valence-corrected chi connectivity index (χ2v) is 6.07. The number of rotatable bonds is 9. The van der Waals surface area contributed by atoms with E-state index < -0.39 is 16.2 Å². The van der Waals surface area contributed by atoms with Crippen LogP contribution in [0.2, 0.25) is 0 Å². The smallest absolute Gasteiger partial charge is 0.305 e. The molecule has 0 saturated carbocycles. The fourth-order valence-electron chi connectivity index (χ4n) is 1.76. The summed E-state index contributed by atoms with van der Waals surface area (Å²) >= 11 is 0. The molecule has 0 atom stereocenters. The Morgan fingerprint density at radius 3 is 2.62 bits per heavy atom. The topological polar surface area (TPSA) is 95.9 Å². The van der Waals surface area contributed by atoms with Crippen LogP contribution in [0, 0.1) is 6.92 Å². The third-order valence-corrected chi connectivity index (χ3v) is 4.32. The van der Waals surface area contributed by atoms with E-state index in [1.807, 2.05) is 0 Å². The molecule has 1 aromatic carbocycles. The van der Waals surface area contributed by atoms with Crippen molar-refractivity contribution in [2.75, 3.05) is 31.1 Å². The van der Waals surface area contributed by atoms with Crippen LogP contribution in [-0.2, 0) is 19.7 Å². The van der Waals surface area contributed by atoms with Gasteiger partial charge in [-0.25, -0.2) is 0 Å². The lowest BCUT2D eigenvalue weighted by Gasteiger charge is -2.25. The average molecular weight is 316 g/mol. The first-order chi connectivity index (χ1) is 9.88. The number of nitrogens with zero attached hydrogens (tertiary/aromatic N) is 1. The molecule has 0 radical (unpaired) electrons. The molecule has 0 heterocycles. The number of para-hydroxylation sites is 1. The Morgan fingerprint density at radius 2 is 2.05 bits per heavy atom. The van der Waals surface area contributed by atoms with Crippen molar-refractivity contribution >= 4 is 21.9 Å². The van der Waals surface area contributed by atoms with Gasteiger partial charge in [-0.3, -0.25) is 9.10 Å². The van der Waals surface area contributed by atoms with Gasteiger partial charge in [0.1, 0.15) is 0 Å². The van der Waals surface area contributed by atoms with Gasteiger partial charge in [-0.15, -0.1) is 0 Å². The van der Waals surface area contributed by atoms with Crippen LogP contribution in [0.25, 0.3) is 0 Å². The molecule has 0 aliphatic carbocycles. The van der Waals surface area contributed by atoms with Gasteiger partial charge in [-0.2, -0.15) is 13.1 Å². The number of carboxylic acids is 1. The molecule has 7 nitrogen and oxygen atoms in total. The first kappa shape index (κ1) is 17.4. The van der Waals surface area contributed by atoms with Gasteiger partial charge in [0.2, 0.25) is 0 Å². The maximum Gasteiger partial charge on any atom is 0.305 e. The zero-order chi connectivity index (χ0) is 15.9. The molecule has 0 amide bonds. The summed E-state index contributed by atoms with van der Waals surface area (Å²) in [5.41, 5.74) is 1.21. The summed E-state index contributed by atoms with van der Waals surface area (Å²) in [4.78, 5) is 10.7. The Morgan fingerprint density at radius 1 is 1.38 bits per heavy atom. The Balaban J connectivity index is 3.02. The van der Waals surface area contributed by atoms with Crippen molar-refractivity contribution in [3.8, 4) is 0 Å². The number of ether oxygens (including phenoxy) is 1. The number of hydrogen-bond acceptors (Lipinski definition) is 4. The monoisotopic (exact) mass is 316 g/mol. The lowest BCUT2D eigenvalue weighted by molar-refractivity contribution is -0.136. The van der Waals surface area contributed by atoms with E-state index in [2.05, 4.69) is 4.72 Å². The molecule has 118 valence electrons. The van der Waals surface area contributed by atoms with Gasteiger partial charge in [0.25, 0.3) is 0 Å². The predicted octanol–water partition coefficient (Wildman–Crippen LogP) is 0.757. The standard InChI is InChI=1S/C13H20N2O5S/c1-11-5-3-4-6-12(11)15(9-7-13(16)17)21(18,19)14-8-10-20-2/h3-6,14H,7-10H2,1-2H3,(H,16,17). The zero-order valence-corrected chi connectivity index (χ0v) is 12.9. The van der Waals surface area contributed by atoms with Gasteiger partial charge in [0.15, 0.2) is 0 Å². The molecule has 0 bridgehead atoms. The molecule has 8 heteroatoms. The fourth-order valence-corrected chi connectivity index (χ4v) is 3.05. The van der Waals surface area contributed by atoms with Crippen LogP contribution in [0.5, 0.6) is 0 Å². The number of aliphatic carboxylic acids is 1. The minimum absolute atomic E-state index is 0.119. The SMILES string of the molecule is COCCNS(=O)(=O)N(CCC(=O)O)c1ccccc1C. The van der Waals surface area contributed by atoms with E-state index in [1.54, 1.807) is 31.2 Å². The van der Waals surface area contributed by atoms with Crippen LogP contribution in [0.15, 0.2) is 24.3 Å². The highest BCUT2D eigenvalue weighted by Crippen LogP contribution is 2.22. The second kappa shape index (κ2) is 7.96. The first-order valence-corrected chi connectivity index (χ1v) is 7.86. The van der Waals surface area contributed by atoms with Gasteiger partial charge in [-0.05, 0) is 18.6 Å². The summed E-state index contributed by atoms with van der Waals surface area (Å²) in [7, 11) is -2.36. The van der Waals surface area contributed by atoms with Crippen LogP contribution >= 0.6 is 0 Å². The van der Waals surface area contributed by atoms with Crippen molar-refractivity contribution in [2.45, 2.75) is 13.3 Å². The number of methoxy groups -OCH3 is 1. The molecular formula is C13H20N2O5S. The van der Waals surface area contributed by atoms with Crippen molar-refractivity contribution in [2.24, 2.45) is 0 Å². The van der Waals surface area contributed by atoms with E-state index in [0.717, 1.165) is 9.87 Å². The van der Waals surface area contributed by atoms with Crippen LogP contribution in [0.1, 0.15) is 12.0 Å². The third kappa shape index (κ3) is 5.33. The molecule has 0 fully saturated rings. The molecule has 1 rings (SSSR count). The molecule has 0 saturated heterocycles. The molecule has 0 aliphatic rings. The fraction of sp³-hybridized carbons (Fsp3) is 0.462. The predicted molar refractivity (Wildman–Crippen MR) is 79.6 cm³/mol. The largest absolute Gasteiger partial charge is 0.481 e. The lowest BCUT2D eigenvalue weighted by Crippen LogP contribution is -2.43. The van der Waals surface area contributed by atoms with Gasteiger partial charge in [0.05, 0.1) is 18.7 Å². The quantitative estimate of drug-likeness (QED) is 0.656. The molecule has 21 heavy (non-hydrogen) atoms. The summed E-state index contributed by atoms with van der Waals surface area (Å²) in [6.07, 6.45) is -0.278. The van der Waals surface area contributed by atoms with E-state index in [-0.39, 0.29) is 26.1 Å². The summed E-state index contributed by atoms with van der Waals surface area (Å²) < 4.78 is 32.9. The minimum Gasteiger partial charge on any atom is -0.481 e. The van der Waals surface area contributed by atoms with Crippen molar-refractivity contribution in [1.29, 1.82) is 0 Å². The van der Waals surface area contributed by atoms with Crippen LogP contribution in [0.3, 0.4) is 0 Å². The highest BCUT2D eigenvalue weighted by molar-refractivity contribution is 7.90. The molecular weight excluding hydrogens is 296 g/mol. The molecule has 2 N–H and O–H groups in total. The number of carbonyl (C=O) groups is 1. The Bertz CT molecular complexity index is 574. The number of nitrogens with one attached hydrogen (secondary N) is 1. The highest BCUT2D eigenvalue weighted by atomic mass is 32.2. The van der Waals surface area contributed by atoms with Crippen LogP contribution < -0.4 is 9.03 Å². The lowest BCUT2D eigenvalue weighted by atomic mass is 10.2. The van der Waals surface area contributed by atoms with Crippen LogP contribution in [-0.4, -0.2) is 46.3 Å². The van der Waals surface area contributed by atoms with Gasteiger partial charge in [-0.1, -0.05) is 18.2 Å². The van der Waals surface area contributed by atoms with Crippen molar-refractivity contribution in [3.05, 3.63) is 29.8 Å². The third-order valence-electron chi connectivity index (χ3n) is 2.79. The molecule has 0 aliphatic heterocycles. The van der Waals surface area contributed by atoms with E-state index in [0.29, 0.717) is 5.69 Å². The Labute approximate surface area is 124 Å². The Kier molecular flexibility index (Phi) is 6.60. The van der Waals surface area contributed by atoms with Crippen molar-refractivity contribution in [1.82, 2.24) is 4.72 Å². The molecule has 1 aromatic rings. The number of hydrogen-bond donors (Lipinski definition) is 2. The highest BCUT2D eigenvalue weighted by Gasteiger charge is 2.23. The van der Waals surface area contributed by atoms with E-state index in [4.69, 9.17) is 9.84 Å². The molecule has 0 aromatic heterocycles. The van der Waals surface area contributed by atoms with Gasteiger partial charge >= 0.3 is 16.2 Å². The number of benzene rings is 1. The molecule has 0 unspecified atom stereocenters. The normalized spacial score (nSPS) is 11.3. The average Bonchev–Trinajstić information content (AvgIpc) is 2.40. The molecule has 0 spiro atoms. The van der Waals surface area contributed by atoms with Gasteiger partial charge < -0.3 is 9.84 Å². The Hall–Kier alpha value is -1.64. The summed E-state index contributed by atoms with van der Waals surface area (Å²) in [5.74, 6) is -1.05. The second-order valence-electron chi connectivity index (χ2n) is 4.39. The summed E-state index contributed by atoms with van der Waals surface area (Å²) in [6.45, 7) is 1.99. The van der Waals surface area contributed by atoms with E-state index >= 15 is 0 Å². The number of aryl methyl sites for hydroxylation is 1. The van der Waals surface area contributed by atoms with Gasteiger partial charge in [0, 0.05) is 20.2 Å². The first-order valence-electron chi connectivity index (χ1n) is 6.42. The number of carboxylic acid groups (broad SMARTS) is 1. The van der Waals surface area contributed by atoms with Crippen LogP contribution in [0.4, 0.5) is 5.69 Å². The van der Waals surface area contributed by atoms with Crippen molar-refractivity contribution in [3.63, 3.8) is 0 Å². The summed E-state index contributed by atoms with van der Waals surface area (Å²) in [6, 6.07) is 6.92. The van der Waals surface area contributed by atoms with E-state index in [1.165, 1.54) is 7.11 Å². The summed E-state index contributed by atoms with van der Waals surface area (Å²) in [5, 5.41) is 8.80. The van der Waals surface area contributed by atoms with Crippen molar-refractivity contribution < 1.29 is 23.1 Å². The minimum atomic E-state index is -3.83. The number of anilines is 1. The zero-order valence-electron chi connectivity index (χ0n) is 12.1. The van der Waals surface area contributed by atoms with E-state index in [9.17, 15) is 13.2 Å². The maximum atomic E-state index is 12.3.